The van der Waals surface area contributed by atoms with Crippen molar-refractivity contribution in [3.8, 4) is 16.9 Å². The summed E-state index contributed by atoms with van der Waals surface area (Å²) in [6.07, 6.45) is 2.23. The van der Waals surface area contributed by atoms with Crippen molar-refractivity contribution in [2.45, 2.75) is 85.5 Å². The molecular formula is C45H49N2+. The summed E-state index contributed by atoms with van der Waals surface area (Å²) in [5, 5.41) is 7.79. The average Bonchev–Trinajstić information content (AvgIpc) is 3.33. The highest BCUT2D eigenvalue weighted by atomic mass is 15.0. The van der Waals surface area contributed by atoms with E-state index >= 15 is 0 Å². The first-order chi connectivity index (χ1) is 22.0. The molecule has 0 bridgehead atoms. The zero-order chi connectivity index (χ0) is 33.6. The van der Waals surface area contributed by atoms with Crippen molar-refractivity contribution in [1.82, 2.24) is 4.57 Å². The van der Waals surface area contributed by atoms with Crippen LogP contribution in [0.25, 0.3) is 60.3 Å². The van der Waals surface area contributed by atoms with Gasteiger partial charge in [0.15, 0.2) is 6.20 Å². The normalized spacial score (nSPS) is 13.0. The molecule has 0 spiro atoms. The van der Waals surface area contributed by atoms with Gasteiger partial charge in [0.05, 0.1) is 22.0 Å². The van der Waals surface area contributed by atoms with Crippen molar-refractivity contribution in [3.05, 3.63) is 119 Å². The minimum atomic E-state index is 0.0206. The fraction of sp³-hybridized carbons (Fsp3) is 0.311. The third-order valence-corrected chi connectivity index (χ3v) is 10.3. The van der Waals surface area contributed by atoms with Crippen molar-refractivity contribution in [1.29, 1.82) is 0 Å². The Morgan fingerprint density at radius 2 is 1.09 bits per heavy atom. The lowest BCUT2D eigenvalue weighted by atomic mass is 9.80. The number of benzene rings is 5. The van der Waals surface area contributed by atoms with E-state index in [1.807, 2.05) is 0 Å². The van der Waals surface area contributed by atoms with Gasteiger partial charge in [-0.25, -0.2) is 4.57 Å². The zero-order valence-electron chi connectivity index (χ0n) is 30.1. The molecule has 0 fully saturated rings. The minimum absolute atomic E-state index is 0.0206. The molecular weight excluding hydrogens is 569 g/mol. The molecule has 2 aromatic heterocycles. The van der Waals surface area contributed by atoms with E-state index in [2.05, 4.69) is 183 Å². The van der Waals surface area contributed by atoms with Crippen LogP contribution in [0.4, 0.5) is 0 Å². The van der Waals surface area contributed by atoms with Crippen LogP contribution in [0.5, 0.6) is 0 Å². The summed E-state index contributed by atoms with van der Waals surface area (Å²) in [5.41, 5.74) is 11.8. The first-order valence-corrected chi connectivity index (χ1v) is 17.1. The van der Waals surface area contributed by atoms with E-state index in [9.17, 15) is 0 Å². The number of nitrogens with zero attached hydrogens (tertiary/aromatic N) is 2. The number of hydrogen-bond acceptors (Lipinski definition) is 0. The predicted molar refractivity (Wildman–Crippen MR) is 203 cm³/mol. The maximum absolute atomic E-state index is 2.50. The molecule has 0 amide bonds. The average molecular weight is 618 g/mol. The quantitative estimate of drug-likeness (QED) is 0.171. The number of aryl methyl sites for hydroxylation is 2. The summed E-state index contributed by atoms with van der Waals surface area (Å²) < 4.78 is 4.80. The predicted octanol–water partition coefficient (Wildman–Crippen LogP) is 11.8. The smallest absolute Gasteiger partial charge is 0.220 e. The van der Waals surface area contributed by atoms with E-state index in [4.69, 9.17) is 0 Å². The molecule has 238 valence electrons. The van der Waals surface area contributed by atoms with E-state index in [1.54, 1.807) is 0 Å². The molecule has 2 heteroatoms. The van der Waals surface area contributed by atoms with Crippen LogP contribution in [0.2, 0.25) is 0 Å². The Balaban J connectivity index is 1.52. The van der Waals surface area contributed by atoms with Crippen LogP contribution in [0.1, 0.15) is 84.6 Å². The third kappa shape index (κ3) is 5.14. The van der Waals surface area contributed by atoms with Gasteiger partial charge >= 0.3 is 0 Å². The highest BCUT2D eigenvalue weighted by Gasteiger charge is 2.26. The van der Waals surface area contributed by atoms with Gasteiger partial charge < -0.3 is 4.57 Å². The number of rotatable bonds is 2. The molecule has 2 heterocycles. The lowest BCUT2D eigenvalue weighted by molar-refractivity contribution is -0.659. The summed E-state index contributed by atoms with van der Waals surface area (Å²) in [4.78, 5) is 0. The van der Waals surface area contributed by atoms with Crippen molar-refractivity contribution in [2.75, 3.05) is 0 Å². The molecule has 0 unspecified atom stereocenters. The van der Waals surface area contributed by atoms with Gasteiger partial charge in [-0.1, -0.05) is 111 Å². The molecule has 5 aromatic carbocycles. The highest BCUT2D eigenvalue weighted by Crippen LogP contribution is 2.41. The van der Waals surface area contributed by atoms with E-state index in [1.165, 1.54) is 82.5 Å². The van der Waals surface area contributed by atoms with Gasteiger partial charge in [0, 0.05) is 22.5 Å². The standard InChI is InChI=1S/C45H49N2/c1-28-33-14-12-13-15-35(33)39(45(8,9)10)27-38(28)42-34-21-18-32(24-29(34)22-23-46(42)11)47-40-25-30(43(2,3)4)16-19-36(40)37-20-17-31(26-41(37)47)44(5,6)7/h12-27H,1-11H3/q+1. The fourth-order valence-corrected chi connectivity index (χ4v) is 7.45. The summed E-state index contributed by atoms with van der Waals surface area (Å²) in [5.74, 6) is 0. The Kier molecular flexibility index (Phi) is 6.99. The molecule has 47 heavy (non-hydrogen) atoms. The summed E-state index contributed by atoms with van der Waals surface area (Å²) >= 11 is 0. The van der Waals surface area contributed by atoms with E-state index in [-0.39, 0.29) is 16.2 Å². The largest absolute Gasteiger partial charge is 0.309 e. The Hall–Kier alpha value is -4.43. The molecule has 0 saturated carbocycles. The zero-order valence-corrected chi connectivity index (χ0v) is 30.1. The second-order valence-corrected chi connectivity index (χ2v) is 16.7. The highest BCUT2D eigenvalue weighted by molar-refractivity contribution is 6.10. The molecule has 0 aliphatic heterocycles. The van der Waals surface area contributed by atoms with Crippen LogP contribution in [0.3, 0.4) is 0 Å². The summed E-state index contributed by atoms with van der Waals surface area (Å²) in [7, 11) is 2.18. The molecule has 0 N–H and O–H groups in total. The van der Waals surface area contributed by atoms with Crippen LogP contribution in [0, 0.1) is 6.92 Å². The maximum Gasteiger partial charge on any atom is 0.220 e. The number of fused-ring (bicyclic) bond motifs is 5. The Bertz CT molecular complexity index is 2290. The molecule has 0 aliphatic rings. The van der Waals surface area contributed by atoms with E-state index in [0.29, 0.717) is 0 Å². The number of hydrogen-bond donors (Lipinski definition) is 0. The lowest BCUT2D eigenvalue weighted by Gasteiger charge is -2.24. The van der Waals surface area contributed by atoms with Gasteiger partial charge in [-0.15, -0.1) is 0 Å². The van der Waals surface area contributed by atoms with Crippen LogP contribution in [-0.4, -0.2) is 4.57 Å². The van der Waals surface area contributed by atoms with Crippen LogP contribution in [-0.2, 0) is 23.3 Å². The third-order valence-electron chi connectivity index (χ3n) is 10.3. The molecule has 0 saturated heterocycles. The van der Waals surface area contributed by atoms with Crippen molar-refractivity contribution in [2.24, 2.45) is 7.05 Å². The topological polar surface area (TPSA) is 8.81 Å². The van der Waals surface area contributed by atoms with Gasteiger partial charge in [-0.3, -0.25) is 0 Å². The van der Waals surface area contributed by atoms with Crippen molar-refractivity contribution >= 4 is 43.4 Å². The SMILES string of the molecule is Cc1c(-c2c3ccc(-n4c5cc(C(C)(C)C)ccc5c5ccc(C(C)(C)C)cc54)cc3cc[n+]2C)cc(C(C)(C)C)c2ccccc12. The van der Waals surface area contributed by atoms with Crippen molar-refractivity contribution < 1.29 is 4.57 Å². The maximum atomic E-state index is 2.50. The Morgan fingerprint density at radius 1 is 0.532 bits per heavy atom. The molecule has 0 atom stereocenters. The first kappa shape index (κ1) is 31.2. The van der Waals surface area contributed by atoms with Crippen LogP contribution < -0.4 is 4.57 Å². The molecule has 2 nitrogen and oxygen atoms in total. The monoisotopic (exact) mass is 617 g/mol. The second-order valence-electron chi connectivity index (χ2n) is 16.7. The second kappa shape index (κ2) is 10.5. The lowest BCUT2D eigenvalue weighted by Crippen LogP contribution is -2.31. The molecule has 0 radical (unpaired) electrons. The molecule has 0 aliphatic carbocycles. The van der Waals surface area contributed by atoms with Gasteiger partial charge in [-0.2, -0.15) is 0 Å². The molecule has 7 rings (SSSR count). The van der Waals surface area contributed by atoms with Crippen LogP contribution >= 0.6 is 0 Å². The summed E-state index contributed by atoms with van der Waals surface area (Å²) in [6, 6.07) is 34.8. The van der Waals surface area contributed by atoms with Gasteiger partial charge in [0.25, 0.3) is 0 Å². The van der Waals surface area contributed by atoms with Crippen molar-refractivity contribution in [3.63, 3.8) is 0 Å². The van der Waals surface area contributed by atoms with Gasteiger partial charge in [-0.05, 0) is 98.0 Å². The fourth-order valence-electron chi connectivity index (χ4n) is 7.45. The van der Waals surface area contributed by atoms with Gasteiger partial charge in [0.2, 0.25) is 5.69 Å². The van der Waals surface area contributed by atoms with E-state index < -0.39 is 0 Å². The minimum Gasteiger partial charge on any atom is -0.309 e. The van der Waals surface area contributed by atoms with Gasteiger partial charge in [0.1, 0.15) is 7.05 Å². The number of aromatic nitrogens is 2. The number of pyridine rings is 1. The Morgan fingerprint density at radius 3 is 1.64 bits per heavy atom. The molecule has 7 aromatic rings. The summed E-state index contributed by atoms with van der Waals surface area (Å²) in [6.45, 7) is 23.1. The van der Waals surface area contributed by atoms with Crippen LogP contribution in [0.15, 0.2) is 97.2 Å². The van der Waals surface area contributed by atoms with E-state index in [0.717, 1.165) is 0 Å². The Labute approximate surface area is 280 Å². The first-order valence-electron chi connectivity index (χ1n) is 17.1.